The molecule has 1 atom stereocenters. The van der Waals surface area contributed by atoms with Gasteiger partial charge in [-0.3, -0.25) is 4.79 Å². The van der Waals surface area contributed by atoms with Crippen molar-refractivity contribution in [2.45, 2.75) is 26.2 Å². The number of carbonyl (C=O) groups excluding carboxylic acids is 1. The third-order valence-electron chi connectivity index (χ3n) is 5.09. The van der Waals surface area contributed by atoms with Gasteiger partial charge >= 0.3 is 0 Å². The van der Waals surface area contributed by atoms with Crippen molar-refractivity contribution in [1.82, 2.24) is 25.5 Å². The first-order valence-electron chi connectivity index (χ1n) is 8.05. The molecule has 2 aliphatic rings. The van der Waals surface area contributed by atoms with Crippen LogP contribution in [0.5, 0.6) is 0 Å². The SMILES string of the molecule is Cc1nnnn1-c1cccc(NC(=O)C2CC23CCNCC3)c1.Cl. The zero-order chi connectivity index (χ0) is 15.9. The van der Waals surface area contributed by atoms with Gasteiger partial charge in [-0.2, -0.15) is 4.68 Å². The molecular weight excluding hydrogens is 328 g/mol. The highest BCUT2D eigenvalue weighted by Crippen LogP contribution is 2.58. The van der Waals surface area contributed by atoms with Crippen molar-refractivity contribution in [2.75, 3.05) is 18.4 Å². The Balaban J connectivity index is 0.00000169. The van der Waals surface area contributed by atoms with Crippen LogP contribution in [0.25, 0.3) is 5.69 Å². The molecule has 1 amide bonds. The molecule has 1 saturated heterocycles. The third-order valence-corrected chi connectivity index (χ3v) is 5.09. The maximum Gasteiger partial charge on any atom is 0.228 e. The van der Waals surface area contributed by atoms with Crippen LogP contribution < -0.4 is 10.6 Å². The quantitative estimate of drug-likeness (QED) is 0.882. The van der Waals surface area contributed by atoms with Crippen molar-refractivity contribution in [2.24, 2.45) is 11.3 Å². The molecule has 8 heteroatoms. The number of benzene rings is 1. The average molecular weight is 349 g/mol. The number of amides is 1. The number of halogens is 1. The Morgan fingerprint density at radius 3 is 2.88 bits per heavy atom. The van der Waals surface area contributed by atoms with E-state index in [0.29, 0.717) is 5.82 Å². The van der Waals surface area contributed by atoms with Crippen LogP contribution in [0, 0.1) is 18.3 Å². The Kier molecular flexibility index (Phi) is 4.56. The summed E-state index contributed by atoms with van der Waals surface area (Å²) < 4.78 is 1.65. The lowest BCUT2D eigenvalue weighted by Gasteiger charge is -2.23. The van der Waals surface area contributed by atoms with Gasteiger partial charge in [0.25, 0.3) is 0 Å². The summed E-state index contributed by atoms with van der Waals surface area (Å²) in [5.41, 5.74) is 1.88. The van der Waals surface area contributed by atoms with Crippen LogP contribution in [0.15, 0.2) is 24.3 Å². The minimum Gasteiger partial charge on any atom is -0.326 e. The second-order valence-electron chi connectivity index (χ2n) is 6.55. The minimum absolute atomic E-state index is 0. The molecule has 0 bridgehead atoms. The molecule has 2 aromatic rings. The number of nitrogens with zero attached hydrogens (tertiary/aromatic N) is 4. The molecule has 2 N–H and O–H groups in total. The Morgan fingerprint density at radius 1 is 1.38 bits per heavy atom. The molecule has 0 radical (unpaired) electrons. The second kappa shape index (κ2) is 6.49. The highest BCUT2D eigenvalue weighted by Gasteiger charge is 2.57. The van der Waals surface area contributed by atoms with Crippen molar-refractivity contribution in [3.8, 4) is 5.69 Å². The number of tetrazole rings is 1. The highest BCUT2D eigenvalue weighted by molar-refractivity contribution is 5.95. The molecule has 24 heavy (non-hydrogen) atoms. The lowest BCUT2D eigenvalue weighted by molar-refractivity contribution is -0.118. The normalized spacial score (nSPS) is 21.1. The molecule has 128 valence electrons. The van der Waals surface area contributed by atoms with Crippen LogP contribution in [0.4, 0.5) is 5.69 Å². The number of anilines is 1. The summed E-state index contributed by atoms with van der Waals surface area (Å²) in [6, 6.07) is 7.63. The summed E-state index contributed by atoms with van der Waals surface area (Å²) in [6.45, 7) is 3.89. The number of hydrogen-bond acceptors (Lipinski definition) is 5. The molecule has 1 spiro atoms. The second-order valence-corrected chi connectivity index (χ2v) is 6.55. The largest absolute Gasteiger partial charge is 0.326 e. The first kappa shape index (κ1) is 16.9. The Hall–Kier alpha value is -1.99. The highest BCUT2D eigenvalue weighted by atomic mass is 35.5. The maximum atomic E-state index is 12.5. The number of aryl methyl sites for hydroxylation is 1. The Morgan fingerprint density at radius 2 is 2.17 bits per heavy atom. The lowest BCUT2D eigenvalue weighted by Crippen LogP contribution is -2.31. The summed E-state index contributed by atoms with van der Waals surface area (Å²) in [5.74, 6) is 1.00. The van der Waals surface area contributed by atoms with Gasteiger partial charge in [-0.1, -0.05) is 6.07 Å². The van der Waals surface area contributed by atoms with E-state index in [9.17, 15) is 4.79 Å². The van der Waals surface area contributed by atoms with Crippen molar-refractivity contribution < 1.29 is 4.79 Å². The summed E-state index contributed by atoms with van der Waals surface area (Å²) in [5, 5.41) is 17.9. The zero-order valence-corrected chi connectivity index (χ0v) is 14.3. The number of nitrogens with one attached hydrogen (secondary N) is 2. The van der Waals surface area contributed by atoms with E-state index in [1.807, 2.05) is 31.2 Å². The van der Waals surface area contributed by atoms with E-state index in [1.165, 1.54) is 0 Å². The van der Waals surface area contributed by atoms with Gasteiger partial charge in [0.1, 0.15) is 0 Å². The number of hydrogen-bond donors (Lipinski definition) is 2. The topological polar surface area (TPSA) is 84.7 Å². The van der Waals surface area contributed by atoms with Gasteiger partial charge in [0, 0.05) is 11.6 Å². The number of rotatable bonds is 3. The number of carbonyl (C=O) groups is 1. The molecular formula is C16H21ClN6O. The van der Waals surface area contributed by atoms with E-state index in [4.69, 9.17) is 0 Å². The molecule has 7 nitrogen and oxygen atoms in total. The number of piperidine rings is 1. The summed E-state index contributed by atoms with van der Waals surface area (Å²) in [4.78, 5) is 12.5. The maximum absolute atomic E-state index is 12.5. The van der Waals surface area contributed by atoms with Gasteiger partial charge in [0.15, 0.2) is 5.82 Å². The van der Waals surface area contributed by atoms with Crippen molar-refractivity contribution in [1.29, 1.82) is 0 Å². The Labute approximate surface area is 146 Å². The monoisotopic (exact) mass is 348 g/mol. The summed E-state index contributed by atoms with van der Waals surface area (Å²) in [6.07, 6.45) is 3.23. The van der Waals surface area contributed by atoms with E-state index in [2.05, 4.69) is 26.2 Å². The van der Waals surface area contributed by atoms with E-state index < -0.39 is 0 Å². The fourth-order valence-corrected chi connectivity index (χ4v) is 3.61. The van der Waals surface area contributed by atoms with Crippen molar-refractivity contribution in [3.05, 3.63) is 30.1 Å². The van der Waals surface area contributed by atoms with E-state index >= 15 is 0 Å². The summed E-state index contributed by atoms with van der Waals surface area (Å²) >= 11 is 0. The van der Waals surface area contributed by atoms with Gasteiger partial charge in [-0.25, -0.2) is 0 Å². The predicted molar refractivity (Wildman–Crippen MR) is 92.4 cm³/mol. The van der Waals surface area contributed by atoms with E-state index in [1.54, 1.807) is 4.68 Å². The molecule has 1 aliphatic carbocycles. The molecule has 2 heterocycles. The summed E-state index contributed by atoms with van der Waals surface area (Å²) in [7, 11) is 0. The fraction of sp³-hybridized carbons (Fsp3) is 0.500. The molecule has 1 unspecified atom stereocenters. The minimum atomic E-state index is 0. The van der Waals surface area contributed by atoms with Crippen molar-refractivity contribution in [3.63, 3.8) is 0 Å². The van der Waals surface area contributed by atoms with Gasteiger partial charge in [-0.15, -0.1) is 17.5 Å². The van der Waals surface area contributed by atoms with Crippen LogP contribution in [0.3, 0.4) is 0 Å². The van der Waals surface area contributed by atoms with Gasteiger partial charge < -0.3 is 10.6 Å². The molecule has 1 aromatic carbocycles. The first-order valence-corrected chi connectivity index (χ1v) is 8.05. The van der Waals surface area contributed by atoms with Crippen LogP contribution in [-0.4, -0.2) is 39.2 Å². The van der Waals surface area contributed by atoms with Gasteiger partial charge in [0.05, 0.1) is 5.69 Å². The fourth-order valence-electron chi connectivity index (χ4n) is 3.61. The first-order chi connectivity index (χ1) is 11.2. The molecule has 2 fully saturated rings. The Bertz CT molecular complexity index is 740. The van der Waals surface area contributed by atoms with Gasteiger partial charge in [0.2, 0.25) is 5.91 Å². The van der Waals surface area contributed by atoms with Crippen molar-refractivity contribution >= 4 is 24.0 Å². The number of aromatic nitrogens is 4. The van der Waals surface area contributed by atoms with Crippen LogP contribution in [-0.2, 0) is 4.79 Å². The molecule has 1 aromatic heterocycles. The smallest absolute Gasteiger partial charge is 0.228 e. The standard InChI is InChI=1S/C16H20N6O.ClH/c1-11-19-20-21-22(11)13-4-2-3-12(9-13)18-15(23)14-10-16(14)5-7-17-8-6-16;/h2-4,9,14,17H,5-8,10H2,1H3,(H,18,23);1H. The lowest BCUT2D eigenvalue weighted by atomic mass is 9.92. The average Bonchev–Trinajstić information content (AvgIpc) is 3.07. The van der Waals surface area contributed by atoms with Crippen LogP contribution in [0.1, 0.15) is 25.1 Å². The van der Waals surface area contributed by atoms with E-state index in [-0.39, 0.29) is 29.6 Å². The molecule has 4 rings (SSSR count). The van der Waals surface area contributed by atoms with Gasteiger partial charge in [-0.05, 0) is 73.3 Å². The van der Waals surface area contributed by atoms with E-state index in [0.717, 1.165) is 43.7 Å². The third kappa shape index (κ3) is 3.01. The molecule has 1 saturated carbocycles. The predicted octanol–water partition coefficient (Wildman–Crippen LogP) is 1.72. The zero-order valence-electron chi connectivity index (χ0n) is 13.5. The molecule has 1 aliphatic heterocycles. The van der Waals surface area contributed by atoms with Crippen LogP contribution in [0.2, 0.25) is 0 Å². The van der Waals surface area contributed by atoms with Crippen LogP contribution >= 0.6 is 12.4 Å².